The first-order valence-corrected chi connectivity index (χ1v) is 8.11. The summed E-state index contributed by atoms with van der Waals surface area (Å²) in [5.41, 5.74) is 0. The molecule has 0 unspecified atom stereocenters. The van der Waals surface area contributed by atoms with Crippen LogP contribution in [-0.4, -0.2) is 36.1 Å². The van der Waals surface area contributed by atoms with E-state index in [0.29, 0.717) is 0 Å². The topological polar surface area (TPSA) is 28.2 Å². The molecule has 0 saturated carbocycles. The maximum absolute atomic E-state index is 4.31. The van der Waals surface area contributed by atoms with Crippen LogP contribution in [-0.2, 0) is 0 Å². The molecule has 0 bridgehead atoms. The van der Waals surface area contributed by atoms with E-state index in [1.54, 1.807) is 0 Å². The average molecular weight is 326 g/mol. The number of unbranched alkanes of at least 4 members (excludes halogenated alkanes) is 1. The molecule has 1 N–H and O–H groups in total. The minimum Gasteiger partial charge on any atom is -0.370 e. The summed E-state index contributed by atoms with van der Waals surface area (Å²) in [6.45, 7) is 7.22. The lowest BCUT2D eigenvalue weighted by molar-refractivity contribution is 0.190. The third-order valence-corrected chi connectivity index (χ3v) is 4.28. The maximum atomic E-state index is 4.31. The first-order chi connectivity index (χ1) is 9.24. The third-order valence-electron chi connectivity index (χ3n) is 3.81. The van der Waals surface area contributed by atoms with Crippen molar-refractivity contribution in [2.45, 2.75) is 32.6 Å². The molecule has 4 heteroatoms. The fourth-order valence-corrected chi connectivity index (χ4v) is 2.68. The summed E-state index contributed by atoms with van der Waals surface area (Å²) in [6.07, 6.45) is 7.07. The van der Waals surface area contributed by atoms with Gasteiger partial charge in [-0.3, -0.25) is 0 Å². The second-order valence-electron chi connectivity index (χ2n) is 5.52. The Bertz CT molecular complexity index is 358. The smallest absolute Gasteiger partial charge is 0.125 e. The van der Waals surface area contributed by atoms with Crippen molar-refractivity contribution in [3.05, 3.63) is 22.8 Å². The summed E-state index contributed by atoms with van der Waals surface area (Å²) >= 11 is 3.39. The monoisotopic (exact) mass is 325 g/mol. The molecule has 1 saturated heterocycles. The molecular weight excluding hydrogens is 302 g/mol. The standard InChI is InChI=1S/C15H24BrN3/c1-13-6-10-19(11-7-13)9-3-2-8-17-15-5-4-14(16)12-18-15/h4-5,12-13H,2-3,6-11H2,1H3,(H,17,18). The number of pyridine rings is 1. The van der Waals surface area contributed by atoms with Crippen LogP contribution in [0.3, 0.4) is 0 Å². The van der Waals surface area contributed by atoms with Gasteiger partial charge >= 0.3 is 0 Å². The van der Waals surface area contributed by atoms with Crippen molar-refractivity contribution in [2.24, 2.45) is 5.92 Å². The molecule has 1 aromatic heterocycles. The van der Waals surface area contributed by atoms with Gasteiger partial charge in [0.1, 0.15) is 5.82 Å². The van der Waals surface area contributed by atoms with Crippen molar-refractivity contribution in [3.63, 3.8) is 0 Å². The lowest BCUT2D eigenvalue weighted by Gasteiger charge is -2.30. The number of likely N-dealkylation sites (tertiary alicyclic amines) is 1. The lowest BCUT2D eigenvalue weighted by Crippen LogP contribution is -2.33. The van der Waals surface area contributed by atoms with Crippen molar-refractivity contribution in [1.29, 1.82) is 0 Å². The summed E-state index contributed by atoms with van der Waals surface area (Å²) < 4.78 is 1.03. The van der Waals surface area contributed by atoms with E-state index in [4.69, 9.17) is 0 Å². The molecule has 0 amide bonds. The van der Waals surface area contributed by atoms with E-state index in [1.165, 1.54) is 45.3 Å². The SMILES string of the molecule is CC1CCN(CCCCNc2ccc(Br)cn2)CC1. The van der Waals surface area contributed by atoms with Crippen LogP contribution in [0.25, 0.3) is 0 Å². The Morgan fingerprint density at radius 1 is 1.32 bits per heavy atom. The minimum atomic E-state index is 0.932. The highest BCUT2D eigenvalue weighted by atomic mass is 79.9. The molecule has 1 aromatic rings. The number of rotatable bonds is 6. The summed E-state index contributed by atoms with van der Waals surface area (Å²) in [4.78, 5) is 6.91. The number of hydrogen-bond acceptors (Lipinski definition) is 3. The zero-order valence-electron chi connectivity index (χ0n) is 11.7. The molecule has 1 fully saturated rings. The molecule has 0 aliphatic carbocycles. The highest BCUT2D eigenvalue weighted by molar-refractivity contribution is 9.10. The second-order valence-corrected chi connectivity index (χ2v) is 6.44. The van der Waals surface area contributed by atoms with Crippen LogP contribution < -0.4 is 5.32 Å². The first-order valence-electron chi connectivity index (χ1n) is 7.32. The Morgan fingerprint density at radius 3 is 2.79 bits per heavy atom. The number of anilines is 1. The van der Waals surface area contributed by atoms with Crippen LogP contribution in [0.2, 0.25) is 0 Å². The van der Waals surface area contributed by atoms with E-state index in [1.807, 2.05) is 18.3 Å². The number of piperidine rings is 1. The molecule has 0 aromatic carbocycles. The predicted molar refractivity (Wildman–Crippen MR) is 84.5 cm³/mol. The van der Waals surface area contributed by atoms with Crippen LogP contribution in [0.15, 0.2) is 22.8 Å². The third kappa shape index (κ3) is 5.49. The highest BCUT2D eigenvalue weighted by Gasteiger charge is 2.14. The second kappa shape index (κ2) is 7.85. The molecule has 2 heterocycles. The van der Waals surface area contributed by atoms with Crippen molar-refractivity contribution in [3.8, 4) is 0 Å². The Hall–Kier alpha value is -0.610. The van der Waals surface area contributed by atoms with Gasteiger partial charge < -0.3 is 10.2 Å². The number of nitrogens with zero attached hydrogens (tertiary/aromatic N) is 2. The van der Waals surface area contributed by atoms with E-state index in [0.717, 1.165) is 22.8 Å². The molecule has 2 rings (SSSR count). The van der Waals surface area contributed by atoms with Gasteiger partial charge in [0.25, 0.3) is 0 Å². The van der Waals surface area contributed by atoms with Gasteiger partial charge in [-0.15, -0.1) is 0 Å². The van der Waals surface area contributed by atoms with Crippen LogP contribution in [0.1, 0.15) is 32.6 Å². The Kier molecular flexibility index (Phi) is 6.11. The fraction of sp³-hybridized carbons (Fsp3) is 0.667. The van der Waals surface area contributed by atoms with Crippen molar-refractivity contribution >= 4 is 21.7 Å². The van der Waals surface area contributed by atoms with Gasteiger partial charge in [0, 0.05) is 17.2 Å². The number of aromatic nitrogens is 1. The van der Waals surface area contributed by atoms with Gasteiger partial charge in [0.15, 0.2) is 0 Å². The molecule has 3 nitrogen and oxygen atoms in total. The molecule has 106 valence electrons. The molecular formula is C15H24BrN3. The first kappa shape index (κ1) is 14.8. The molecule has 1 aliphatic rings. The van der Waals surface area contributed by atoms with Crippen LogP contribution >= 0.6 is 15.9 Å². The number of hydrogen-bond donors (Lipinski definition) is 1. The molecule has 0 atom stereocenters. The summed E-state index contributed by atoms with van der Waals surface area (Å²) in [7, 11) is 0. The zero-order valence-corrected chi connectivity index (χ0v) is 13.3. The Morgan fingerprint density at radius 2 is 2.11 bits per heavy atom. The van der Waals surface area contributed by atoms with Crippen molar-refractivity contribution in [2.75, 3.05) is 31.5 Å². The lowest BCUT2D eigenvalue weighted by atomic mass is 9.99. The van der Waals surface area contributed by atoms with Crippen LogP contribution in [0, 0.1) is 5.92 Å². The Balaban J connectivity index is 1.53. The van der Waals surface area contributed by atoms with E-state index in [9.17, 15) is 0 Å². The normalized spacial score (nSPS) is 17.6. The quantitative estimate of drug-likeness (QED) is 0.807. The highest BCUT2D eigenvalue weighted by Crippen LogP contribution is 2.16. The number of nitrogens with one attached hydrogen (secondary N) is 1. The minimum absolute atomic E-state index is 0.932. The van der Waals surface area contributed by atoms with Gasteiger partial charge in [-0.05, 0) is 79.3 Å². The fourth-order valence-electron chi connectivity index (χ4n) is 2.44. The number of halogens is 1. The van der Waals surface area contributed by atoms with E-state index in [2.05, 4.69) is 38.1 Å². The van der Waals surface area contributed by atoms with Crippen molar-refractivity contribution < 1.29 is 0 Å². The van der Waals surface area contributed by atoms with Gasteiger partial charge in [-0.2, -0.15) is 0 Å². The summed E-state index contributed by atoms with van der Waals surface area (Å²) in [5, 5.41) is 3.37. The van der Waals surface area contributed by atoms with Gasteiger partial charge in [-0.1, -0.05) is 6.92 Å². The Labute approximate surface area is 124 Å². The molecule has 19 heavy (non-hydrogen) atoms. The van der Waals surface area contributed by atoms with Crippen molar-refractivity contribution in [1.82, 2.24) is 9.88 Å². The predicted octanol–water partition coefficient (Wildman–Crippen LogP) is 3.77. The maximum Gasteiger partial charge on any atom is 0.125 e. The average Bonchev–Trinajstić information content (AvgIpc) is 2.43. The summed E-state index contributed by atoms with van der Waals surface area (Å²) in [6, 6.07) is 4.03. The largest absolute Gasteiger partial charge is 0.370 e. The molecule has 1 aliphatic heterocycles. The van der Waals surface area contributed by atoms with Gasteiger partial charge in [0.05, 0.1) is 0 Å². The van der Waals surface area contributed by atoms with Gasteiger partial charge in [-0.25, -0.2) is 4.98 Å². The van der Waals surface area contributed by atoms with E-state index < -0.39 is 0 Å². The van der Waals surface area contributed by atoms with Crippen LogP contribution in [0.4, 0.5) is 5.82 Å². The zero-order chi connectivity index (χ0) is 13.5. The van der Waals surface area contributed by atoms with Gasteiger partial charge in [0.2, 0.25) is 0 Å². The van der Waals surface area contributed by atoms with E-state index >= 15 is 0 Å². The van der Waals surface area contributed by atoms with E-state index in [-0.39, 0.29) is 0 Å². The summed E-state index contributed by atoms with van der Waals surface area (Å²) in [5.74, 6) is 1.90. The van der Waals surface area contributed by atoms with Crippen LogP contribution in [0.5, 0.6) is 0 Å². The molecule has 0 radical (unpaired) electrons. The molecule has 0 spiro atoms.